The van der Waals surface area contributed by atoms with Gasteiger partial charge >= 0.3 is 0 Å². The lowest BCUT2D eigenvalue weighted by molar-refractivity contribution is 0.277. The summed E-state index contributed by atoms with van der Waals surface area (Å²) >= 11 is 0. The van der Waals surface area contributed by atoms with Gasteiger partial charge in [0.2, 0.25) is 0 Å². The number of hydrogen-bond donors (Lipinski definition) is 2. The predicted octanol–water partition coefficient (Wildman–Crippen LogP) is 3.39. The van der Waals surface area contributed by atoms with Crippen LogP contribution < -0.4 is 15.6 Å². The summed E-state index contributed by atoms with van der Waals surface area (Å²) in [6, 6.07) is 18.2. The summed E-state index contributed by atoms with van der Waals surface area (Å²) in [6.45, 7) is 4.03. The molecule has 5 heteroatoms. The minimum Gasteiger partial charge on any atom is -0.490 e. The molecule has 0 radical (unpaired) electrons. The lowest BCUT2D eigenvalue weighted by Gasteiger charge is -2.19. The highest BCUT2D eigenvalue weighted by Crippen LogP contribution is 2.25. The number of para-hydroxylation sites is 1. The van der Waals surface area contributed by atoms with Crippen LogP contribution in [0.5, 0.6) is 5.75 Å². The smallest absolute Gasteiger partial charge is 0.165 e. The van der Waals surface area contributed by atoms with Gasteiger partial charge in [0.1, 0.15) is 0 Å². The normalized spacial score (nSPS) is 25.2. The van der Waals surface area contributed by atoms with Crippen LogP contribution in [-0.2, 0) is 6.42 Å². The number of rotatable bonds is 8. The van der Waals surface area contributed by atoms with Crippen molar-refractivity contribution in [1.82, 2.24) is 15.8 Å². The Morgan fingerprint density at radius 2 is 1.86 bits per heavy atom. The molecule has 0 amide bonds. The third kappa shape index (κ3) is 5.10. The molecular weight excluding hydrogens is 353 g/mol. The van der Waals surface area contributed by atoms with Crippen LogP contribution in [-0.4, -0.2) is 43.2 Å². The van der Waals surface area contributed by atoms with Crippen LogP contribution in [0.4, 0.5) is 4.39 Å². The largest absolute Gasteiger partial charge is 0.490 e. The minimum atomic E-state index is -0.292. The van der Waals surface area contributed by atoms with Gasteiger partial charge in [-0.05, 0) is 55.8 Å². The molecule has 2 aliphatic rings. The van der Waals surface area contributed by atoms with Gasteiger partial charge in [-0.3, -0.25) is 10.9 Å². The molecule has 0 bridgehead atoms. The van der Waals surface area contributed by atoms with E-state index in [-0.39, 0.29) is 5.82 Å². The van der Waals surface area contributed by atoms with Crippen molar-refractivity contribution in [3.8, 4) is 5.75 Å². The predicted molar refractivity (Wildman–Crippen MR) is 110 cm³/mol. The van der Waals surface area contributed by atoms with Gasteiger partial charge in [-0.25, -0.2) is 4.39 Å². The Balaban J connectivity index is 1.16. The maximum atomic E-state index is 13.6. The summed E-state index contributed by atoms with van der Waals surface area (Å²) in [4.78, 5) is 2.59. The Hall–Kier alpha value is -1.95. The molecule has 4 nitrogen and oxygen atoms in total. The zero-order chi connectivity index (χ0) is 19.2. The van der Waals surface area contributed by atoms with Crippen LogP contribution in [0, 0.1) is 11.7 Å². The molecule has 2 aromatic rings. The van der Waals surface area contributed by atoms with E-state index in [1.165, 1.54) is 31.1 Å². The molecule has 0 aliphatic carbocycles. The molecule has 3 unspecified atom stereocenters. The fourth-order valence-electron chi connectivity index (χ4n) is 4.35. The molecule has 2 fully saturated rings. The van der Waals surface area contributed by atoms with Crippen molar-refractivity contribution in [3.05, 3.63) is 66.0 Å². The van der Waals surface area contributed by atoms with E-state index >= 15 is 0 Å². The summed E-state index contributed by atoms with van der Waals surface area (Å²) in [5.74, 6) is 0.745. The van der Waals surface area contributed by atoms with Crippen molar-refractivity contribution in [1.29, 1.82) is 0 Å². The Morgan fingerprint density at radius 1 is 1.04 bits per heavy atom. The van der Waals surface area contributed by atoms with Crippen LogP contribution in [0.2, 0.25) is 0 Å². The summed E-state index contributed by atoms with van der Waals surface area (Å²) in [6.07, 6.45) is 4.37. The van der Waals surface area contributed by atoms with E-state index in [0.29, 0.717) is 30.4 Å². The van der Waals surface area contributed by atoms with Crippen LogP contribution in [0.3, 0.4) is 0 Å². The maximum Gasteiger partial charge on any atom is 0.165 e. The zero-order valence-corrected chi connectivity index (χ0v) is 16.3. The number of hydrazine groups is 1. The van der Waals surface area contributed by atoms with Gasteiger partial charge in [-0.1, -0.05) is 42.5 Å². The summed E-state index contributed by atoms with van der Waals surface area (Å²) in [5.41, 5.74) is 8.33. The quantitative estimate of drug-likeness (QED) is 0.733. The summed E-state index contributed by atoms with van der Waals surface area (Å²) < 4.78 is 19.2. The molecule has 4 rings (SSSR count). The van der Waals surface area contributed by atoms with Crippen molar-refractivity contribution in [3.63, 3.8) is 0 Å². The molecule has 2 aliphatic heterocycles. The molecule has 3 atom stereocenters. The van der Waals surface area contributed by atoms with Gasteiger partial charge in [0, 0.05) is 25.2 Å². The summed E-state index contributed by atoms with van der Waals surface area (Å²) in [5, 5.41) is 0. The van der Waals surface area contributed by atoms with E-state index < -0.39 is 0 Å². The lowest BCUT2D eigenvalue weighted by Crippen LogP contribution is -2.38. The molecule has 150 valence electrons. The van der Waals surface area contributed by atoms with Gasteiger partial charge < -0.3 is 9.64 Å². The third-order valence-corrected chi connectivity index (χ3v) is 6.01. The first-order valence-electron chi connectivity index (χ1n) is 10.4. The van der Waals surface area contributed by atoms with Gasteiger partial charge in [0.25, 0.3) is 0 Å². The number of nitrogens with zero attached hydrogens (tertiary/aromatic N) is 1. The number of likely N-dealkylation sites (tertiary alicyclic amines) is 1. The fraction of sp³-hybridized carbons (Fsp3) is 0.478. The lowest BCUT2D eigenvalue weighted by atomic mass is 9.94. The second-order valence-corrected chi connectivity index (χ2v) is 7.98. The second kappa shape index (κ2) is 9.50. The molecule has 2 aromatic carbocycles. The van der Waals surface area contributed by atoms with E-state index in [4.69, 9.17) is 4.74 Å². The molecule has 0 spiro atoms. The Kier molecular flexibility index (Phi) is 6.57. The van der Waals surface area contributed by atoms with Crippen molar-refractivity contribution in [2.24, 2.45) is 5.92 Å². The number of nitrogens with one attached hydrogen (secondary N) is 2. The highest BCUT2D eigenvalue weighted by molar-refractivity contribution is 5.23. The van der Waals surface area contributed by atoms with Crippen molar-refractivity contribution in [2.75, 3.05) is 26.2 Å². The number of hydrogen-bond acceptors (Lipinski definition) is 4. The van der Waals surface area contributed by atoms with E-state index in [1.807, 2.05) is 0 Å². The zero-order valence-electron chi connectivity index (χ0n) is 16.3. The van der Waals surface area contributed by atoms with Gasteiger partial charge in [-0.15, -0.1) is 0 Å². The number of ether oxygens (including phenoxy) is 1. The first-order valence-corrected chi connectivity index (χ1v) is 10.4. The Morgan fingerprint density at radius 3 is 2.71 bits per heavy atom. The van der Waals surface area contributed by atoms with Crippen LogP contribution >= 0.6 is 0 Å². The highest BCUT2D eigenvalue weighted by atomic mass is 19.1. The minimum absolute atomic E-state index is 0.292. The third-order valence-electron chi connectivity index (χ3n) is 6.01. The van der Waals surface area contributed by atoms with Gasteiger partial charge in [0.05, 0.1) is 6.61 Å². The first kappa shape index (κ1) is 19.4. The van der Waals surface area contributed by atoms with E-state index in [2.05, 4.69) is 46.1 Å². The van der Waals surface area contributed by atoms with Gasteiger partial charge in [-0.2, -0.15) is 0 Å². The number of halogens is 1. The van der Waals surface area contributed by atoms with Crippen molar-refractivity contribution in [2.45, 2.75) is 37.8 Å². The summed E-state index contributed by atoms with van der Waals surface area (Å²) in [7, 11) is 0. The van der Waals surface area contributed by atoms with E-state index in [9.17, 15) is 4.39 Å². The highest BCUT2D eigenvalue weighted by Gasteiger charge is 2.34. The first-order chi connectivity index (χ1) is 13.8. The monoisotopic (exact) mass is 383 g/mol. The Labute approximate surface area is 167 Å². The van der Waals surface area contributed by atoms with Crippen LogP contribution in [0.15, 0.2) is 54.6 Å². The molecule has 2 saturated heterocycles. The maximum absolute atomic E-state index is 13.6. The average molecular weight is 384 g/mol. The molecular formula is C23H30FN3O. The van der Waals surface area contributed by atoms with Gasteiger partial charge in [0.15, 0.2) is 11.6 Å². The molecule has 0 saturated carbocycles. The molecule has 2 heterocycles. The standard InChI is InChI=1S/C23H30FN3O/c24-21-8-4-5-9-23(21)28-15-12-20-16-22(26-25-20)19-11-14-27(17-19)13-10-18-6-2-1-3-7-18/h1-9,19-20,22,25-26H,10-17H2. The van der Waals surface area contributed by atoms with E-state index in [1.54, 1.807) is 18.2 Å². The molecule has 0 aromatic heterocycles. The topological polar surface area (TPSA) is 36.5 Å². The van der Waals surface area contributed by atoms with Crippen LogP contribution in [0.1, 0.15) is 24.8 Å². The second-order valence-electron chi connectivity index (χ2n) is 7.98. The molecule has 28 heavy (non-hydrogen) atoms. The average Bonchev–Trinajstić information content (AvgIpc) is 3.38. The van der Waals surface area contributed by atoms with E-state index in [0.717, 1.165) is 25.8 Å². The van der Waals surface area contributed by atoms with Crippen molar-refractivity contribution >= 4 is 0 Å². The number of benzene rings is 2. The van der Waals surface area contributed by atoms with Crippen molar-refractivity contribution < 1.29 is 9.13 Å². The molecule has 2 N–H and O–H groups in total. The fourth-order valence-corrected chi connectivity index (χ4v) is 4.35. The Bertz CT molecular complexity index is 742. The SMILES string of the molecule is Fc1ccccc1OCCC1CC(C2CCN(CCc3ccccc3)C2)NN1. The van der Waals surface area contributed by atoms with Crippen LogP contribution in [0.25, 0.3) is 0 Å².